The van der Waals surface area contributed by atoms with Crippen LogP contribution in [0.3, 0.4) is 0 Å². The molecule has 0 bridgehead atoms. The smallest absolute Gasteiger partial charge is 0.246 e. The van der Waals surface area contributed by atoms with Crippen molar-refractivity contribution in [2.45, 2.75) is 166 Å². The zero-order chi connectivity index (χ0) is 67.3. The highest BCUT2D eigenvalue weighted by Crippen LogP contribution is 2.26. The number of H-pyrrole nitrogens is 2. The number of hydrogen-bond acceptors (Lipinski definition) is 14. The number of phenols is 2. The molecular weight excluding hydrogens is 1190 g/mol. The fourth-order valence-electron chi connectivity index (χ4n) is 11.4. The minimum Gasteiger partial charge on any atom is -0.508 e. The Balaban J connectivity index is 1.16. The van der Waals surface area contributed by atoms with Crippen molar-refractivity contribution >= 4 is 81.3 Å². The third kappa shape index (κ3) is 19.7. The second-order valence-corrected chi connectivity index (χ2v) is 24.2. The molecule has 2 aromatic heterocycles. The molecule has 11 atom stereocenters. The van der Waals surface area contributed by atoms with Crippen molar-refractivity contribution in [2.75, 3.05) is 13.1 Å². The van der Waals surface area contributed by atoms with E-state index in [1.807, 2.05) is 62.4 Å². The minimum absolute atomic E-state index is 0.0141. The van der Waals surface area contributed by atoms with Crippen molar-refractivity contribution in [1.82, 2.24) is 52.1 Å². The van der Waals surface area contributed by atoms with E-state index in [-0.39, 0.29) is 81.9 Å². The summed E-state index contributed by atoms with van der Waals surface area (Å²) in [5, 5.41) is 41.4. The maximum atomic E-state index is 15.5. The summed E-state index contributed by atoms with van der Waals surface area (Å²) < 4.78 is 0. The minimum atomic E-state index is -1.35. The Bertz CT molecular complexity index is 3560. The lowest BCUT2D eigenvalue weighted by atomic mass is 9.96. The topological polar surface area (TPSA) is 408 Å². The van der Waals surface area contributed by atoms with E-state index in [1.165, 1.54) is 29.2 Å². The van der Waals surface area contributed by atoms with Crippen LogP contribution < -0.4 is 54.4 Å². The van der Waals surface area contributed by atoms with Crippen molar-refractivity contribution in [3.05, 3.63) is 132 Å². The molecule has 1 aliphatic rings. The van der Waals surface area contributed by atoms with Gasteiger partial charge in [0.25, 0.3) is 0 Å². The molecule has 25 nitrogen and oxygen atoms in total. The molecule has 3 heterocycles. The van der Waals surface area contributed by atoms with Crippen molar-refractivity contribution < 1.29 is 58.2 Å². The monoisotopic (exact) mass is 1280 g/mol. The number of carbonyl (C=O) groups excluding carboxylic acids is 10. The second kappa shape index (κ2) is 34.2. The summed E-state index contributed by atoms with van der Waals surface area (Å²) in [5.74, 6) is -7.24. The molecule has 9 amide bonds. The number of nitrogens with zero attached hydrogens (tertiary/aromatic N) is 1. The Morgan fingerprint density at radius 1 is 0.581 bits per heavy atom. The number of nitrogens with one attached hydrogen (secondary N) is 9. The van der Waals surface area contributed by atoms with E-state index in [0.717, 1.165) is 21.8 Å². The third-order valence-corrected chi connectivity index (χ3v) is 17.4. The molecule has 0 spiro atoms. The van der Waals surface area contributed by atoms with Crippen LogP contribution in [0.2, 0.25) is 0 Å². The summed E-state index contributed by atoms with van der Waals surface area (Å²) >= 11 is 0. The molecule has 0 radical (unpaired) electrons. The highest BCUT2D eigenvalue weighted by Gasteiger charge is 2.41. The normalized spacial score (nSPS) is 16.2. The largest absolute Gasteiger partial charge is 0.508 e. The molecule has 0 unspecified atom stereocenters. The number of aldehydes is 1. The van der Waals surface area contributed by atoms with Gasteiger partial charge in [-0.25, -0.2) is 0 Å². The zero-order valence-electron chi connectivity index (χ0n) is 53.1. The van der Waals surface area contributed by atoms with Crippen LogP contribution in [0.15, 0.2) is 109 Å². The van der Waals surface area contributed by atoms with Gasteiger partial charge >= 0.3 is 0 Å². The van der Waals surface area contributed by atoms with E-state index in [1.54, 1.807) is 50.5 Å². The predicted molar refractivity (Wildman–Crippen MR) is 350 cm³/mol. The fourth-order valence-corrected chi connectivity index (χ4v) is 11.4. The lowest BCUT2D eigenvalue weighted by Crippen LogP contribution is -2.61. The maximum Gasteiger partial charge on any atom is 0.246 e. The van der Waals surface area contributed by atoms with Gasteiger partial charge < -0.3 is 84.3 Å². The highest BCUT2D eigenvalue weighted by molar-refractivity contribution is 5.99. The van der Waals surface area contributed by atoms with Gasteiger partial charge in [-0.2, -0.15) is 0 Å². The van der Waals surface area contributed by atoms with Crippen LogP contribution in [-0.2, 0) is 73.6 Å². The number of benzene rings is 4. The first kappa shape index (κ1) is 70.8. The van der Waals surface area contributed by atoms with Crippen LogP contribution in [0.5, 0.6) is 11.5 Å². The van der Waals surface area contributed by atoms with E-state index in [2.05, 4.69) is 47.2 Å². The van der Waals surface area contributed by atoms with Crippen LogP contribution in [0.4, 0.5) is 0 Å². The molecule has 1 saturated heterocycles. The summed E-state index contributed by atoms with van der Waals surface area (Å²) in [6.07, 6.45) is 5.85. The Kier molecular flexibility index (Phi) is 26.0. The lowest BCUT2D eigenvalue weighted by molar-refractivity contribution is -0.142. The molecule has 25 heteroatoms. The molecule has 0 aliphatic carbocycles. The molecule has 0 saturated carbocycles. The Morgan fingerprint density at radius 3 is 1.60 bits per heavy atom. The van der Waals surface area contributed by atoms with Gasteiger partial charge in [0, 0.05) is 72.8 Å². The molecule has 6 aromatic rings. The Hall–Kier alpha value is -9.62. The van der Waals surface area contributed by atoms with Crippen LogP contribution in [0.25, 0.3) is 21.8 Å². The number of phenolic OH excluding ortho intramolecular Hbond substituents is 2. The number of hydrogen-bond donors (Lipinski definition) is 14. The van der Waals surface area contributed by atoms with Gasteiger partial charge in [0.1, 0.15) is 60.1 Å². The zero-order valence-corrected chi connectivity index (χ0v) is 53.1. The van der Waals surface area contributed by atoms with E-state index >= 15 is 14.4 Å². The van der Waals surface area contributed by atoms with Crippen LogP contribution in [0.1, 0.15) is 108 Å². The first-order chi connectivity index (χ1) is 44.6. The Labute approximate surface area is 540 Å². The van der Waals surface area contributed by atoms with Gasteiger partial charge in [-0.15, -0.1) is 0 Å². The number of unbranched alkanes of at least 4 members (excludes halogenated alkanes) is 1. The van der Waals surface area contributed by atoms with Gasteiger partial charge in [0.2, 0.25) is 53.2 Å². The van der Waals surface area contributed by atoms with Crippen molar-refractivity contribution in [3.8, 4) is 11.5 Å². The van der Waals surface area contributed by atoms with Crippen molar-refractivity contribution in [2.24, 2.45) is 29.0 Å². The standard InChI is InChI=1S/C68H89N13O12/c1-5-39(3)57(38-82)79-63(88)53(32-41-20-24-45(83)25-21-41)76-64(89)55(34-43-36-72-50-16-9-7-14-47(43)50)77-66(91)58-19-13-31-81(58)68(93)56(35-44-37-73-51-17-10-8-15-48(44)51)78-62(87)52(18-11-12-30-69)74-67(92)60(40(4)6-2)80-65(90)54(33-42-22-26-46(84)27-23-42)75-61(86)49(70)28-29-59(71)85/h7-10,14-17,20-27,36-40,49,52-58,60,72-73,83-84H,5-6,11-13,18-19,28-35,69-70H2,1-4H3,(H2,71,85)(H,74,92)(H,75,86)(H,76,89)(H,77,91)(H,78,87)(H,79,88)(H,80,90)/t39-,40-,49-,52-,53-,54-,55-,56-,57+,58-,60-/m0/s1. The number of amides is 9. The second-order valence-electron chi connectivity index (χ2n) is 24.2. The maximum absolute atomic E-state index is 15.5. The number of fused-ring (bicyclic) bond motifs is 2. The van der Waals surface area contributed by atoms with E-state index < -0.39 is 113 Å². The number of aromatic nitrogens is 2. The van der Waals surface area contributed by atoms with Gasteiger partial charge in [-0.05, 0) is 116 Å². The average Bonchev–Trinajstić information content (AvgIpc) is 1.77. The summed E-state index contributed by atoms with van der Waals surface area (Å²) in [6.45, 7) is 7.57. The van der Waals surface area contributed by atoms with Gasteiger partial charge in [0.15, 0.2) is 0 Å². The van der Waals surface area contributed by atoms with Gasteiger partial charge in [0.05, 0.1) is 12.1 Å². The van der Waals surface area contributed by atoms with Crippen molar-refractivity contribution in [1.29, 1.82) is 0 Å². The number of primary amides is 1. The average molecular weight is 1280 g/mol. The lowest BCUT2D eigenvalue weighted by Gasteiger charge is -2.32. The molecule has 7 rings (SSSR count). The summed E-state index contributed by atoms with van der Waals surface area (Å²) in [7, 11) is 0. The van der Waals surface area contributed by atoms with Gasteiger partial charge in [-0.3, -0.25) is 43.2 Å². The van der Waals surface area contributed by atoms with Crippen LogP contribution in [0, 0.1) is 11.8 Å². The first-order valence-electron chi connectivity index (χ1n) is 31.9. The molecule has 498 valence electrons. The van der Waals surface area contributed by atoms with E-state index in [4.69, 9.17) is 17.2 Å². The molecule has 17 N–H and O–H groups in total. The number of rotatable bonds is 35. The number of para-hydroxylation sites is 2. The predicted octanol–water partition coefficient (Wildman–Crippen LogP) is 2.73. The highest BCUT2D eigenvalue weighted by atomic mass is 16.3. The Morgan fingerprint density at radius 2 is 1.06 bits per heavy atom. The number of aromatic amines is 2. The molecule has 1 fully saturated rings. The summed E-state index contributed by atoms with van der Waals surface area (Å²) in [6, 6.07) is 15.7. The van der Waals surface area contributed by atoms with Gasteiger partial charge in [-0.1, -0.05) is 101 Å². The third-order valence-electron chi connectivity index (χ3n) is 17.4. The SMILES string of the molecule is CC[C@H](C)[C@H](NC(=O)[C@H](Cc1ccc(O)cc1)NC(=O)[C@@H](N)CCC(N)=O)C(=O)N[C@@H](CCCCN)C(=O)N[C@@H](Cc1c[nH]c2ccccc12)C(=O)N1CCC[C@H]1C(=O)N[C@@H](Cc1c[nH]c2ccccc12)C(=O)N[C@@H](Cc1ccc(O)cc1)C(=O)N[C@H](C=O)[C@@H](C)CC. The summed E-state index contributed by atoms with van der Waals surface area (Å²) in [4.78, 5) is 149. The number of carbonyl (C=O) groups is 10. The van der Waals surface area contributed by atoms with Crippen LogP contribution in [-0.4, -0.2) is 152 Å². The van der Waals surface area contributed by atoms with E-state index in [9.17, 15) is 43.8 Å². The van der Waals surface area contributed by atoms with E-state index in [0.29, 0.717) is 60.6 Å². The first-order valence-corrected chi connectivity index (χ1v) is 31.9. The number of likely N-dealkylation sites (tertiary alicyclic amines) is 1. The summed E-state index contributed by atoms with van der Waals surface area (Å²) in [5.41, 5.74) is 21.3. The van der Waals surface area contributed by atoms with Crippen molar-refractivity contribution in [3.63, 3.8) is 0 Å². The van der Waals surface area contributed by atoms with Crippen LogP contribution >= 0.6 is 0 Å². The molecular formula is C68H89N13O12. The number of aromatic hydroxyl groups is 2. The fraction of sp³-hybridized carbons (Fsp3) is 0.441. The quantitative estimate of drug-likeness (QED) is 0.0201. The molecule has 1 aliphatic heterocycles. The molecule has 93 heavy (non-hydrogen) atoms. The number of nitrogens with two attached hydrogens (primary N) is 3. The molecule has 4 aromatic carbocycles.